The van der Waals surface area contributed by atoms with Gasteiger partial charge in [0.15, 0.2) is 12.0 Å². The van der Waals surface area contributed by atoms with Gasteiger partial charge in [0.2, 0.25) is 0 Å². The predicted octanol–water partition coefficient (Wildman–Crippen LogP) is -0.852. The van der Waals surface area contributed by atoms with E-state index in [1.165, 1.54) is 17.1 Å². The van der Waals surface area contributed by atoms with Crippen LogP contribution >= 0.6 is 16.1 Å². The first-order valence-electron chi connectivity index (χ1n) is 7.17. The molecule has 2 aromatic rings. The van der Waals surface area contributed by atoms with Crippen molar-refractivity contribution >= 4 is 32.9 Å². The molecular weight excluding hydrogens is 394 g/mol. The Morgan fingerprint density at radius 2 is 2.15 bits per heavy atom. The van der Waals surface area contributed by atoms with E-state index in [1.54, 1.807) is 6.07 Å². The number of aromatic nitrogens is 3. The molecule has 0 aromatic carbocycles. The molecule has 1 aliphatic rings. The molecule has 15 heteroatoms. The lowest BCUT2D eigenvalue weighted by atomic mass is 10.1. The highest BCUT2D eigenvalue weighted by atomic mass is 31.2. The van der Waals surface area contributed by atoms with Crippen LogP contribution in [-0.4, -0.2) is 59.2 Å². The number of phosphoric acid groups is 1. The van der Waals surface area contributed by atoms with Gasteiger partial charge in [0.05, 0.1) is 18.5 Å². The minimum Gasteiger partial charge on any atom is -0.386 e. The minimum atomic E-state index is -4.82. The first-order valence-corrected chi connectivity index (χ1v) is 9.97. The fourth-order valence-corrected chi connectivity index (χ4v) is 3.57. The summed E-state index contributed by atoms with van der Waals surface area (Å²) >= 11 is 0. The average molecular weight is 410 g/mol. The van der Waals surface area contributed by atoms with Gasteiger partial charge in [0, 0.05) is 6.20 Å². The highest BCUT2D eigenvalue weighted by Gasteiger charge is 2.47. The van der Waals surface area contributed by atoms with Crippen molar-refractivity contribution in [2.24, 2.45) is 0 Å². The minimum absolute atomic E-state index is 0.156. The fraction of sp³-hybridized carbons (Fsp3) is 0.455. The number of pyridine rings is 1. The molecule has 1 saturated heterocycles. The maximum Gasteiger partial charge on any atom is 0.469 e. The van der Waals surface area contributed by atoms with Crippen molar-refractivity contribution in [1.82, 2.24) is 14.5 Å². The molecule has 3 heterocycles. The lowest BCUT2D eigenvalue weighted by Gasteiger charge is -2.19. The number of rotatable bonds is 6. The van der Waals surface area contributed by atoms with E-state index in [4.69, 9.17) is 29.7 Å². The van der Waals surface area contributed by atoms with Crippen LogP contribution in [0.1, 0.15) is 6.23 Å². The Morgan fingerprint density at radius 3 is 2.81 bits per heavy atom. The predicted molar refractivity (Wildman–Crippen MR) is 85.9 cm³/mol. The van der Waals surface area contributed by atoms with Gasteiger partial charge in [-0.3, -0.25) is 9.09 Å². The standard InChI is InChI=1S/C11H16N4O9P2/c12-10-7-5(1-2-13-10)15(4-14-7)11-8(16)9(24-25(17)18)6(23-11)3-22-26(19,20)21/h1-2,4,6,8-9,11,16,25H,3H2,(H2,12,13)(H,17,18)(H2,19,20,21)/t6-,8-,9?,11-/m1/s1. The number of imidazole rings is 1. The summed E-state index contributed by atoms with van der Waals surface area (Å²) in [5.74, 6) is 0.156. The average Bonchev–Trinajstić information content (AvgIpc) is 3.08. The van der Waals surface area contributed by atoms with E-state index in [-0.39, 0.29) is 5.82 Å². The van der Waals surface area contributed by atoms with Crippen LogP contribution in [0.2, 0.25) is 0 Å². The summed E-state index contributed by atoms with van der Waals surface area (Å²) < 4.78 is 38.1. The number of nitrogens with two attached hydrogens (primary N) is 1. The summed E-state index contributed by atoms with van der Waals surface area (Å²) in [5.41, 5.74) is 6.55. The third kappa shape index (κ3) is 3.96. The van der Waals surface area contributed by atoms with E-state index in [1.807, 2.05) is 0 Å². The molecule has 6 N–H and O–H groups in total. The van der Waals surface area contributed by atoms with E-state index in [2.05, 4.69) is 14.5 Å². The molecule has 3 rings (SSSR count). The van der Waals surface area contributed by atoms with Gasteiger partial charge in [-0.2, -0.15) is 0 Å². The highest BCUT2D eigenvalue weighted by Crippen LogP contribution is 2.41. The van der Waals surface area contributed by atoms with Crippen molar-refractivity contribution < 1.29 is 42.7 Å². The van der Waals surface area contributed by atoms with Crippen LogP contribution in [0.3, 0.4) is 0 Å². The maximum absolute atomic E-state index is 11.1. The molecule has 0 bridgehead atoms. The number of nitrogen functional groups attached to an aromatic ring is 1. The Labute approximate surface area is 146 Å². The third-order valence-corrected chi connectivity index (χ3v) is 4.71. The summed E-state index contributed by atoms with van der Waals surface area (Å²) in [6.07, 6.45) is -2.42. The van der Waals surface area contributed by atoms with Crippen LogP contribution in [0.4, 0.5) is 5.82 Å². The first kappa shape index (κ1) is 19.4. The molecule has 0 spiro atoms. The number of anilines is 1. The van der Waals surface area contributed by atoms with Crippen molar-refractivity contribution in [3.63, 3.8) is 0 Å². The first-order chi connectivity index (χ1) is 12.2. The van der Waals surface area contributed by atoms with E-state index in [0.717, 1.165) is 0 Å². The van der Waals surface area contributed by atoms with Gasteiger partial charge in [0.25, 0.3) is 0 Å². The Kier molecular flexibility index (Phi) is 5.45. The van der Waals surface area contributed by atoms with Crippen molar-refractivity contribution in [3.8, 4) is 0 Å². The SMILES string of the molecule is Nc1nccc2c1ncn2[C@@H]1O[C@H](COP(=O)(O)O)C(O[PH](=O)O)[C@H]1O. The lowest BCUT2D eigenvalue weighted by molar-refractivity contribution is -0.0495. The topological polar surface area (TPSA) is 199 Å². The van der Waals surface area contributed by atoms with Crippen LogP contribution in [0.25, 0.3) is 11.0 Å². The number of aliphatic hydroxyl groups excluding tert-OH is 1. The monoisotopic (exact) mass is 410 g/mol. The molecule has 0 radical (unpaired) electrons. The number of ether oxygens (including phenoxy) is 1. The number of phosphoric ester groups is 1. The van der Waals surface area contributed by atoms with Crippen LogP contribution < -0.4 is 5.73 Å². The second-order valence-electron chi connectivity index (χ2n) is 5.41. The smallest absolute Gasteiger partial charge is 0.386 e. The zero-order chi connectivity index (χ0) is 19.1. The van der Waals surface area contributed by atoms with E-state index in [0.29, 0.717) is 11.0 Å². The van der Waals surface area contributed by atoms with Crippen molar-refractivity contribution in [2.45, 2.75) is 24.5 Å². The largest absolute Gasteiger partial charge is 0.469 e. The summed E-state index contributed by atoms with van der Waals surface area (Å²) in [5, 5.41) is 10.5. The zero-order valence-corrected chi connectivity index (χ0v) is 14.8. The number of hydrogen-bond acceptors (Lipinski definition) is 9. The van der Waals surface area contributed by atoms with E-state index in [9.17, 15) is 14.2 Å². The van der Waals surface area contributed by atoms with E-state index >= 15 is 0 Å². The van der Waals surface area contributed by atoms with Gasteiger partial charge in [0.1, 0.15) is 23.8 Å². The van der Waals surface area contributed by atoms with Gasteiger partial charge in [-0.15, -0.1) is 0 Å². The van der Waals surface area contributed by atoms with Gasteiger partial charge in [-0.05, 0) is 6.07 Å². The number of fused-ring (bicyclic) bond motifs is 1. The summed E-state index contributed by atoms with van der Waals surface area (Å²) in [4.78, 5) is 34.6. The van der Waals surface area contributed by atoms with Crippen molar-refractivity contribution in [1.29, 1.82) is 0 Å². The molecule has 5 atom stereocenters. The quantitative estimate of drug-likeness (QED) is 0.370. The number of aliphatic hydroxyl groups is 1. The van der Waals surface area contributed by atoms with Crippen LogP contribution in [0, 0.1) is 0 Å². The zero-order valence-electron chi connectivity index (χ0n) is 12.9. The van der Waals surface area contributed by atoms with Crippen molar-refractivity contribution in [3.05, 3.63) is 18.6 Å². The molecule has 0 saturated carbocycles. The normalized spacial score (nSPS) is 27.8. The summed E-state index contributed by atoms with van der Waals surface area (Å²) in [6.45, 7) is -0.673. The molecule has 1 fully saturated rings. The maximum atomic E-state index is 11.1. The Balaban J connectivity index is 1.91. The Morgan fingerprint density at radius 1 is 1.42 bits per heavy atom. The second-order valence-corrected chi connectivity index (χ2v) is 7.41. The molecule has 1 aliphatic heterocycles. The number of nitrogens with zero attached hydrogens (tertiary/aromatic N) is 3. The van der Waals surface area contributed by atoms with E-state index < -0.39 is 47.2 Å². The summed E-state index contributed by atoms with van der Waals surface area (Å²) in [6, 6.07) is 1.57. The van der Waals surface area contributed by atoms with Crippen LogP contribution in [0.15, 0.2) is 18.6 Å². The lowest BCUT2D eigenvalue weighted by Crippen LogP contribution is -2.35. The molecule has 13 nitrogen and oxygen atoms in total. The number of hydrogen-bond donors (Lipinski definition) is 5. The molecule has 26 heavy (non-hydrogen) atoms. The van der Waals surface area contributed by atoms with Gasteiger partial charge in [-0.25, -0.2) is 14.5 Å². The van der Waals surface area contributed by atoms with Crippen LogP contribution in [-0.2, 0) is 22.9 Å². The molecular formula is C11H16N4O9P2. The molecule has 2 unspecified atom stereocenters. The Bertz CT molecular complexity index is 870. The van der Waals surface area contributed by atoms with Gasteiger partial charge >= 0.3 is 16.1 Å². The van der Waals surface area contributed by atoms with Gasteiger partial charge in [-0.1, -0.05) is 0 Å². The molecule has 2 aromatic heterocycles. The second kappa shape index (κ2) is 7.31. The Hall–Kier alpha value is -1.40. The molecule has 0 amide bonds. The third-order valence-electron chi connectivity index (χ3n) is 3.75. The van der Waals surface area contributed by atoms with Gasteiger partial charge < -0.3 is 39.3 Å². The van der Waals surface area contributed by atoms with Crippen molar-refractivity contribution in [2.75, 3.05) is 12.3 Å². The van der Waals surface area contributed by atoms with Crippen LogP contribution in [0.5, 0.6) is 0 Å². The fourth-order valence-electron chi connectivity index (χ4n) is 2.70. The molecule has 144 valence electrons. The highest BCUT2D eigenvalue weighted by molar-refractivity contribution is 7.46. The molecule has 0 aliphatic carbocycles. The summed E-state index contributed by atoms with van der Waals surface area (Å²) in [7, 11) is -8.29.